The lowest BCUT2D eigenvalue weighted by molar-refractivity contribution is -0.140. The number of benzene rings is 2. The van der Waals surface area contributed by atoms with E-state index < -0.39 is 29.3 Å². The molecule has 2 heterocycles. The van der Waals surface area contributed by atoms with Crippen molar-refractivity contribution in [1.82, 2.24) is 9.80 Å². The molecule has 35 heavy (non-hydrogen) atoms. The number of carbonyl (C=O) groups excluding carboxylic acids is 2. The van der Waals surface area contributed by atoms with Crippen molar-refractivity contribution in [3.63, 3.8) is 0 Å². The molecule has 2 aromatic rings. The molecule has 2 saturated heterocycles. The highest BCUT2D eigenvalue weighted by Crippen LogP contribution is 2.40. The first-order valence-corrected chi connectivity index (χ1v) is 11.9. The molecule has 0 aliphatic carbocycles. The van der Waals surface area contributed by atoms with Crippen LogP contribution in [0.15, 0.2) is 48.0 Å². The number of rotatable bonds is 7. The smallest absolute Gasteiger partial charge is 0.295 e. The zero-order valence-electron chi connectivity index (χ0n) is 19.7. The molecule has 186 valence electrons. The summed E-state index contributed by atoms with van der Waals surface area (Å²) < 4.78 is 25.5. The maximum Gasteiger partial charge on any atom is 0.295 e. The number of likely N-dealkylation sites (tertiary alicyclic amines) is 1. The van der Waals surface area contributed by atoms with Crippen LogP contribution in [0.1, 0.15) is 31.0 Å². The normalized spacial score (nSPS) is 20.6. The van der Waals surface area contributed by atoms with Gasteiger partial charge < -0.3 is 19.5 Å². The summed E-state index contributed by atoms with van der Waals surface area (Å²) in [4.78, 5) is 29.8. The van der Waals surface area contributed by atoms with Crippen molar-refractivity contribution in [3.8, 4) is 5.75 Å². The van der Waals surface area contributed by atoms with Crippen LogP contribution in [-0.2, 0) is 14.3 Å². The van der Waals surface area contributed by atoms with Crippen LogP contribution in [0, 0.1) is 5.82 Å². The molecule has 1 atom stereocenters. The first-order chi connectivity index (χ1) is 16.8. The van der Waals surface area contributed by atoms with Crippen molar-refractivity contribution in [2.24, 2.45) is 0 Å². The van der Waals surface area contributed by atoms with E-state index in [4.69, 9.17) is 21.1 Å². The lowest BCUT2D eigenvalue weighted by Gasteiger charge is -2.31. The number of Topliss-reactive ketones (excluding diaryl/α,β-unsaturated/α-hetero) is 1. The molecule has 2 aliphatic heterocycles. The van der Waals surface area contributed by atoms with E-state index in [1.165, 1.54) is 17.0 Å². The quantitative estimate of drug-likeness (QED) is 0.350. The molecule has 1 N–H and O–H groups in total. The lowest BCUT2D eigenvalue weighted by Crippen LogP contribution is -2.42. The second-order valence-corrected chi connectivity index (χ2v) is 9.25. The van der Waals surface area contributed by atoms with Gasteiger partial charge >= 0.3 is 0 Å². The summed E-state index contributed by atoms with van der Waals surface area (Å²) in [7, 11) is 0. The molecule has 0 aromatic heterocycles. The summed E-state index contributed by atoms with van der Waals surface area (Å²) >= 11 is 6.06. The largest absolute Gasteiger partial charge is 0.507 e. The molecule has 9 heteroatoms. The van der Waals surface area contributed by atoms with Gasteiger partial charge in [-0.3, -0.25) is 14.5 Å². The van der Waals surface area contributed by atoms with E-state index in [0.717, 1.165) is 19.2 Å². The van der Waals surface area contributed by atoms with E-state index in [1.54, 1.807) is 38.1 Å². The molecule has 0 bridgehead atoms. The lowest BCUT2D eigenvalue weighted by atomic mass is 9.95. The first kappa shape index (κ1) is 25.2. The van der Waals surface area contributed by atoms with Crippen LogP contribution in [0.3, 0.4) is 0 Å². The Labute approximate surface area is 208 Å². The van der Waals surface area contributed by atoms with E-state index in [9.17, 15) is 19.1 Å². The number of ether oxygens (including phenoxy) is 2. The number of nitrogens with zero attached hydrogens (tertiary/aromatic N) is 2. The van der Waals surface area contributed by atoms with E-state index >= 15 is 0 Å². The van der Waals surface area contributed by atoms with Gasteiger partial charge in [0.15, 0.2) is 11.6 Å². The van der Waals surface area contributed by atoms with Gasteiger partial charge in [0.25, 0.3) is 11.7 Å². The molecule has 0 radical (unpaired) electrons. The highest BCUT2D eigenvalue weighted by Gasteiger charge is 2.46. The molecule has 4 rings (SSSR count). The molecule has 0 saturated carbocycles. The van der Waals surface area contributed by atoms with Crippen LogP contribution in [-0.4, -0.2) is 72.1 Å². The highest BCUT2D eigenvalue weighted by molar-refractivity contribution is 6.46. The fraction of sp³-hybridized carbons (Fsp3) is 0.385. The van der Waals surface area contributed by atoms with Gasteiger partial charge in [-0.05, 0) is 49.7 Å². The van der Waals surface area contributed by atoms with E-state index in [-0.39, 0.29) is 29.5 Å². The Balaban J connectivity index is 1.72. The topological polar surface area (TPSA) is 79.3 Å². The van der Waals surface area contributed by atoms with Crippen molar-refractivity contribution in [2.45, 2.75) is 26.0 Å². The van der Waals surface area contributed by atoms with Gasteiger partial charge in [0.1, 0.15) is 5.76 Å². The number of ketones is 1. The molecule has 2 aliphatic rings. The van der Waals surface area contributed by atoms with Crippen molar-refractivity contribution in [3.05, 3.63) is 70.0 Å². The summed E-state index contributed by atoms with van der Waals surface area (Å²) in [6, 6.07) is 9.90. The molecule has 0 spiro atoms. The van der Waals surface area contributed by atoms with Gasteiger partial charge in [-0.1, -0.05) is 23.7 Å². The van der Waals surface area contributed by atoms with Gasteiger partial charge in [0.2, 0.25) is 0 Å². The van der Waals surface area contributed by atoms with E-state index in [0.29, 0.717) is 30.3 Å². The second-order valence-electron chi connectivity index (χ2n) is 8.81. The van der Waals surface area contributed by atoms with Crippen LogP contribution in [0.4, 0.5) is 4.39 Å². The van der Waals surface area contributed by atoms with Gasteiger partial charge in [0.05, 0.1) is 30.9 Å². The predicted molar refractivity (Wildman–Crippen MR) is 130 cm³/mol. The average Bonchev–Trinajstić information content (AvgIpc) is 3.09. The minimum Gasteiger partial charge on any atom is -0.507 e. The number of amides is 1. The summed E-state index contributed by atoms with van der Waals surface area (Å²) in [5, 5.41) is 11.6. The minimum absolute atomic E-state index is 0.0387. The van der Waals surface area contributed by atoms with Crippen LogP contribution >= 0.6 is 11.6 Å². The van der Waals surface area contributed by atoms with Crippen LogP contribution < -0.4 is 4.74 Å². The Bertz CT molecular complexity index is 1130. The van der Waals surface area contributed by atoms with Crippen molar-refractivity contribution >= 4 is 29.1 Å². The molecule has 1 amide bonds. The van der Waals surface area contributed by atoms with E-state index in [2.05, 4.69) is 4.90 Å². The summed E-state index contributed by atoms with van der Waals surface area (Å²) in [6.45, 7) is 7.08. The zero-order valence-corrected chi connectivity index (χ0v) is 20.4. The van der Waals surface area contributed by atoms with Crippen molar-refractivity contribution in [2.75, 3.05) is 39.4 Å². The SMILES string of the molecule is CC(C)Oc1ccc(/C(O)=C2\C(=O)C(=O)N(CCN3CCOCC3)[C@@H]2c2ccc(Cl)cc2)cc1F. The Morgan fingerprint density at radius 2 is 1.83 bits per heavy atom. The zero-order chi connectivity index (χ0) is 25.1. The number of hydrogen-bond donors (Lipinski definition) is 1. The highest BCUT2D eigenvalue weighted by atomic mass is 35.5. The standard InChI is InChI=1S/C26H28ClFN2O5/c1-16(2)35-21-8-5-18(15-20(21)28)24(31)22-23(17-3-6-19(27)7-4-17)30(26(33)25(22)32)10-9-29-11-13-34-14-12-29/h3-8,15-16,23,31H,9-14H2,1-2H3/b24-22+/t23-/m1/s1. The minimum atomic E-state index is -0.831. The third-order valence-electron chi connectivity index (χ3n) is 6.05. The van der Waals surface area contributed by atoms with E-state index in [1.807, 2.05) is 0 Å². The fourth-order valence-electron chi connectivity index (χ4n) is 4.33. The van der Waals surface area contributed by atoms with Crippen LogP contribution in [0.5, 0.6) is 5.75 Å². The number of halogens is 2. The monoisotopic (exact) mass is 502 g/mol. The maximum absolute atomic E-state index is 14.6. The number of hydrogen-bond acceptors (Lipinski definition) is 6. The molecule has 0 unspecified atom stereocenters. The molecular weight excluding hydrogens is 475 g/mol. The second kappa shape index (κ2) is 10.8. The number of morpholine rings is 1. The Kier molecular flexibility index (Phi) is 7.74. The average molecular weight is 503 g/mol. The Morgan fingerprint density at radius 3 is 2.46 bits per heavy atom. The number of aliphatic hydroxyl groups is 1. The molecular formula is C26H28ClFN2O5. The van der Waals surface area contributed by atoms with Gasteiger partial charge in [-0.2, -0.15) is 0 Å². The van der Waals surface area contributed by atoms with Crippen LogP contribution in [0.2, 0.25) is 5.02 Å². The van der Waals surface area contributed by atoms with Crippen molar-refractivity contribution < 1.29 is 28.6 Å². The third-order valence-corrected chi connectivity index (χ3v) is 6.31. The summed E-state index contributed by atoms with van der Waals surface area (Å²) in [6.07, 6.45) is -0.231. The maximum atomic E-state index is 14.6. The van der Waals surface area contributed by atoms with Gasteiger partial charge in [-0.25, -0.2) is 4.39 Å². The van der Waals surface area contributed by atoms with Crippen LogP contribution in [0.25, 0.3) is 5.76 Å². The first-order valence-electron chi connectivity index (χ1n) is 11.6. The molecule has 7 nitrogen and oxygen atoms in total. The molecule has 2 fully saturated rings. The third kappa shape index (κ3) is 5.50. The molecule has 2 aromatic carbocycles. The Morgan fingerprint density at radius 1 is 1.14 bits per heavy atom. The fourth-order valence-corrected chi connectivity index (χ4v) is 4.46. The predicted octanol–water partition coefficient (Wildman–Crippen LogP) is 4.02. The van der Waals surface area contributed by atoms with Crippen molar-refractivity contribution in [1.29, 1.82) is 0 Å². The van der Waals surface area contributed by atoms with Gasteiger partial charge in [-0.15, -0.1) is 0 Å². The van der Waals surface area contributed by atoms with Gasteiger partial charge in [0, 0.05) is 36.8 Å². The Hall–Kier alpha value is -2.94. The summed E-state index contributed by atoms with van der Waals surface area (Å²) in [5.74, 6) is -2.59. The number of aliphatic hydroxyl groups excluding tert-OH is 1. The summed E-state index contributed by atoms with van der Waals surface area (Å²) in [5.41, 5.74) is 0.623. The number of carbonyl (C=O) groups is 2.